The Morgan fingerprint density at radius 1 is 0.920 bits per heavy atom. The maximum atomic E-state index is 12.2. The molecule has 0 spiro atoms. The second kappa shape index (κ2) is 6.40. The van der Waals surface area contributed by atoms with E-state index in [0.29, 0.717) is 5.56 Å². The van der Waals surface area contributed by atoms with E-state index >= 15 is 0 Å². The predicted octanol–water partition coefficient (Wildman–Crippen LogP) is 1.65. The number of fused-ring (bicyclic) bond motifs is 1. The highest BCUT2D eigenvalue weighted by Crippen LogP contribution is 2.17. The van der Waals surface area contributed by atoms with Crippen molar-refractivity contribution in [3.63, 3.8) is 0 Å². The minimum atomic E-state index is -3.33. The van der Waals surface area contributed by atoms with Crippen LogP contribution in [-0.2, 0) is 9.84 Å². The number of sulfone groups is 1. The molecule has 0 saturated heterocycles. The highest BCUT2D eigenvalue weighted by molar-refractivity contribution is 7.90. The summed E-state index contributed by atoms with van der Waals surface area (Å²) < 4.78 is 22.8. The van der Waals surface area contributed by atoms with Crippen LogP contribution in [0.5, 0.6) is 0 Å². The number of hydrogen-bond acceptors (Lipinski definition) is 4. The third-order valence-electron chi connectivity index (χ3n) is 3.67. The number of hydrazine groups is 1. The van der Waals surface area contributed by atoms with Gasteiger partial charge in [0.05, 0.1) is 10.5 Å². The number of para-hydroxylation sites is 1. The normalized spacial score (nSPS) is 11.2. The molecule has 2 amide bonds. The molecule has 0 saturated carbocycles. The Labute approximate surface area is 143 Å². The van der Waals surface area contributed by atoms with Gasteiger partial charge in [-0.25, -0.2) is 8.42 Å². The van der Waals surface area contributed by atoms with Gasteiger partial charge in [0.25, 0.3) is 11.8 Å². The Hall–Kier alpha value is -3.13. The quantitative estimate of drug-likeness (QED) is 0.619. The Balaban J connectivity index is 1.69. The van der Waals surface area contributed by atoms with E-state index in [4.69, 9.17) is 0 Å². The number of amides is 2. The first-order valence-corrected chi connectivity index (χ1v) is 9.22. The van der Waals surface area contributed by atoms with Gasteiger partial charge in [-0.1, -0.05) is 18.2 Å². The molecule has 0 aliphatic carbocycles. The first-order valence-electron chi connectivity index (χ1n) is 7.33. The van der Waals surface area contributed by atoms with Crippen LogP contribution in [0.15, 0.2) is 59.6 Å². The first-order chi connectivity index (χ1) is 11.9. The highest BCUT2D eigenvalue weighted by atomic mass is 32.2. The third-order valence-corrected chi connectivity index (χ3v) is 4.80. The van der Waals surface area contributed by atoms with E-state index < -0.39 is 21.7 Å². The molecule has 1 aromatic heterocycles. The molecule has 3 N–H and O–H groups in total. The van der Waals surface area contributed by atoms with Crippen molar-refractivity contribution >= 4 is 32.6 Å². The average molecular weight is 357 g/mol. The second-order valence-electron chi connectivity index (χ2n) is 5.45. The summed E-state index contributed by atoms with van der Waals surface area (Å²) in [4.78, 5) is 27.4. The Bertz CT molecular complexity index is 1050. The largest absolute Gasteiger partial charge is 0.360 e. The molecule has 128 valence electrons. The highest BCUT2D eigenvalue weighted by Gasteiger charge is 2.14. The van der Waals surface area contributed by atoms with E-state index in [1.807, 2.05) is 18.2 Å². The third kappa shape index (κ3) is 3.53. The van der Waals surface area contributed by atoms with Gasteiger partial charge >= 0.3 is 0 Å². The smallest absolute Gasteiger partial charge is 0.271 e. The van der Waals surface area contributed by atoms with Crippen LogP contribution >= 0.6 is 0 Å². The van der Waals surface area contributed by atoms with Gasteiger partial charge < -0.3 is 4.98 Å². The molecule has 0 atom stereocenters. The summed E-state index contributed by atoms with van der Waals surface area (Å²) in [5, 5.41) is 0.742. The van der Waals surface area contributed by atoms with Crippen molar-refractivity contribution in [2.75, 3.05) is 6.26 Å². The molecule has 0 aliphatic heterocycles. The van der Waals surface area contributed by atoms with E-state index in [0.717, 1.165) is 17.2 Å². The summed E-state index contributed by atoms with van der Waals surface area (Å²) >= 11 is 0. The second-order valence-corrected chi connectivity index (χ2v) is 7.47. The monoisotopic (exact) mass is 357 g/mol. The topological polar surface area (TPSA) is 108 Å². The van der Waals surface area contributed by atoms with Crippen LogP contribution in [0.4, 0.5) is 0 Å². The van der Waals surface area contributed by atoms with E-state index in [9.17, 15) is 18.0 Å². The van der Waals surface area contributed by atoms with Gasteiger partial charge in [-0.3, -0.25) is 20.4 Å². The molecule has 7 nitrogen and oxygen atoms in total. The van der Waals surface area contributed by atoms with E-state index in [1.165, 1.54) is 24.3 Å². The summed E-state index contributed by atoms with van der Waals surface area (Å²) in [5.41, 5.74) is 6.10. The number of nitrogens with one attached hydrogen (secondary N) is 3. The van der Waals surface area contributed by atoms with E-state index in [-0.39, 0.29) is 10.5 Å². The van der Waals surface area contributed by atoms with Crippen molar-refractivity contribution in [1.82, 2.24) is 15.8 Å². The van der Waals surface area contributed by atoms with Gasteiger partial charge in [0, 0.05) is 28.9 Å². The van der Waals surface area contributed by atoms with Crippen molar-refractivity contribution in [2.24, 2.45) is 0 Å². The van der Waals surface area contributed by atoms with Gasteiger partial charge in [0.2, 0.25) is 0 Å². The lowest BCUT2D eigenvalue weighted by Crippen LogP contribution is -2.41. The summed E-state index contributed by atoms with van der Waals surface area (Å²) in [6.07, 6.45) is 2.65. The SMILES string of the molecule is CS(=O)(=O)c1ccc(C(=O)NNC(=O)c2c[nH]c3ccccc23)cc1. The molecule has 0 unspecified atom stereocenters. The standard InChI is InChI=1S/C17H15N3O4S/c1-25(23,24)12-8-6-11(7-9-12)16(21)19-20-17(22)14-10-18-15-5-3-2-4-13(14)15/h2-10,18H,1H3,(H,19,21)(H,20,22). The fourth-order valence-corrected chi connectivity index (χ4v) is 3.00. The molecule has 3 aromatic rings. The van der Waals surface area contributed by atoms with Gasteiger partial charge in [-0.2, -0.15) is 0 Å². The van der Waals surface area contributed by atoms with Crippen LogP contribution in [0.3, 0.4) is 0 Å². The number of hydrogen-bond donors (Lipinski definition) is 3. The lowest BCUT2D eigenvalue weighted by Gasteiger charge is -2.07. The number of carbonyl (C=O) groups is 2. The van der Waals surface area contributed by atoms with Crippen molar-refractivity contribution in [3.8, 4) is 0 Å². The van der Waals surface area contributed by atoms with Crippen LogP contribution in [-0.4, -0.2) is 31.5 Å². The summed E-state index contributed by atoms with van der Waals surface area (Å²) in [6, 6.07) is 12.7. The number of aromatic amines is 1. The Morgan fingerprint density at radius 3 is 2.24 bits per heavy atom. The molecule has 3 rings (SSSR count). The molecule has 2 aromatic carbocycles. The van der Waals surface area contributed by atoms with Crippen molar-refractivity contribution in [3.05, 3.63) is 65.9 Å². The molecule has 0 bridgehead atoms. The lowest BCUT2D eigenvalue weighted by atomic mass is 10.2. The summed E-state index contributed by atoms with van der Waals surface area (Å²) in [5.74, 6) is -1.01. The summed E-state index contributed by atoms with van der Waals surface area (Å²) in [7, 11) is -3.33. The van der Waals surface area contributed by atoms with Gasteiger partial charge in [-0.15, -0.1) is 0 Å². The number of H-pyrrole nitrogens is 1. The fraction of sp³-hybridized carbons (Fsp3) is 0.0588. The van der Waals surface area contributed by atoms with E-state index in [1.54, 1.807) is 12.3 Å². The van der Waals surface area contributed by atoms with Crippen molar-refractivity contribution in [1.29, 1.82) is 0 Å². The minimum Gasteiger partial charge on any atom is -0.360 e. The van der Waals surface area contributed by atoms with Gasteiger partial charge in [0.1, 0.15) is 0 Å². The van der Waals surface area contributed by atoms with Crippen molar-refractivity contribution in [2.45, 2.75) is 4.90 Å². The number of carbonyl (C=O) groups excluding carboxylic acids is 2. The molecule has 1 heterocycles. The molecule has 25 heavy (non-hydrogen) atoms. The average Bonchev–Trinajstić information content (AvgIpc) is 3.03. The van der Waals surface area contributed by atoms with Crippen LogP contribution < -0.4 is 10.9 Å². The molecule has 0 fully saturated rings. The van der Waals surface area contributed by atoms with Crippen LogP contribution in [0.25, 0.3) is 10.9 Å². The fourth-order valence-electron chi connectivity index (χ4n) is 2.37. The predicted molar refractivity (Wildman–Crippen MR) is 92.8 cm³/mol. The molecular formula is C17H15N3O4S. The van der Waals surface area contributed by atoms with Crippen molar-refractivity contribution < 1.29 is 18.0 Å². The van der Waals surface area contributed by atoms with Crippen LogP contribution in [0.2, 0.25) is 0 Å². The maximum Gasteiger partial charge on any atom is 0.271 e. The van der Waals surface area contributed by atoms with Gasteiger partial charge in [0.15, 0.2) is 9.84 Å². The molecule has 0 radical (unpaired) electrons. The summed E-state index contributed by atoms with van der Waals surface area (Å²) in [6.45, 7) is 0. The zero-order valence-electron chi connectivity index (χ0n) is 13.2. The Morgan fingerprint density at radius 2 is 1.56 bits per heavy atom. The number of benzene rings is 2. The van der Waals surface area contributed by atoms with E-state index in [2.05, 4.69) is 15.8 Å². The number of rotatable bonds is 3. The minimum absolute atomic E-state index is 0.117. The zero-order chi connectivity index (χ0) is 18.0. The maximum absolute atomic E-state index is 12.2. The molecular weight excluding hydrogens is 342 g/mol. The zero-order valence-corrected chi connectivity index (χ0v) is 14.1. The Kier molecular flexibility index (Phi) is 4.28. The van der Waals surface area contributed by atoms with Crippen LogP contribution in [0.1, 0.15) is 20.7 Å². The molecule has 0 aliphatic rings. The number of aromatic nitrogens is 1. The van der Waals surface area contributed by atoms with Gasteiger partial charge in [-0.05, 0) is 30.3 Å². The molecule has 8 heteroatoms. The first kappa shape index (κ1) is 16.7. The van der Waals surface area contributed by atoms with Crippen LogP contribution in [0, 0.1) is 0 Å². The lowest BCUT2D eigenvalue weighted by molar-refractivity contribution is 0.0847.